The third kappa shape index (κ3) is 5.83. The molecule has 156 valence electrons. The molecule has 1 atom stereocenters. The standard InChI is InChI=1S/C20H26N4OS.CH2O2/c1-15(12-23-10-7-16-5-2-3-6-17(16)13-23)22-19(25)11-18-14-26-20-21-8-4-9-24(18)20;2-1-3/h2-3,5-6,14-15H,4,7-13H2,1H3,(H,22,25);1H,(H,2,3). The van der Waals surface area contributed by atoms with Gasteiger partial charge in [-0.05, 0) is 36.3 Å². The minimum Gasteiger partial charge on any atom is -0.483 e. The van der Waals surface area contributed by atoms with Gasteiger partial charge in [0.15, 0.2) is 5.17 Å². The number of amides is 1. The maximum Gasteiger partial charge on any atom is 0.290 e. The van der Waals surface area contributed by atoms with Crippen molar-refractivity contribution in [1.29, 1.82) is 0 Å². The molecule has 3 heterocycles. The SMILES string of the molecule is CC(CN1CCc2ccccc2C1)NC(=O)CC1=CSC2=NCCCN12.O=CO. The van der Waals surface area contributed by atoms with Crippen LogP contribution in [-0.2, 0) is 22.6 Å². The average Bonchev–Trinajstić information content (AvgIpc) is 3.11. The van der Waals surface area contributed by atoms with Crippen LogP contribution in [0.3, 0.4) is 0 Å². The molecular formula is C21H28N4O3S. The van der Waals surface area contributed by atoms with Gasteiger partial charge in [0.25, 0.3) is 6.47 Å². The van der Waals surface area contributed by atoms with Gasteiger partial charge in [-0.3, -0.25) is 19.5 Å². The Balaban J connectivity index is 0.000000755. The number of fused-ring (bicyclic) bond motifs is 2. The van der Waals surface area contributed by atoms with E-state index in [0.29, 0.717) is 6.42 Å². The summed E-state index contributed by atoms with van der Waals surface area (Å²) in [6.45, 7) is 6.67. The van der Waals surface area contributed by atoms with Crippen molar-refractivity contribution >= 4 is 29.3 Å². The lowest BCUT2D eigenvalue weighted by Crippen LogP contribution is -2.44. The third-order valence-corrected chi connectivity index (χ3v) is 6.11. The summed E-state index contributed by atoms with van der Waals surface area (Å²) in [5.41, 5.74) is 3.97. The predicted octanol–water partition coefficient (Wildman–Crippen LogP) is 2.29. The molecule has 1 aromatic carbocycles. The molecule has 0 spiro atoms. The second-order valence-electron chi connectivity index (χ2n) is 7.40. The second-order valence-corrected chi connectivity index (χ2v) is 8.24. The van der Waals surface area contributed by atoms with E-state index in [1.54, 1.807) is 11.8 Å². The number of hydrogen-bond acceptors (Lipinski definition) is 6. The minimum atomic E-state index is -0.250. The highest BCUT2D eigenvalue weighted by molar-refractivity contribution is 8.16. The van der Waals surface area contributed by atoms with Gasteiger partial charge in [0.2, 0.25) is 5.91 Å². The first-order valence-corrected chi connectivity index (χ1v) is 10.8. The summed E-state index contributed by atoms with van der Waals surface area (Å²) in [5.74, 6) is 0.105. The van der Waals surface area contributed by atoms with Gasteiger partial charge in [0.05, 0.1) is 6.42 Å². The van der Waals surface area contributed by atoms with Crippen LogP contribution in [0, 0.1) is 0 Å². The summed E-state index contributed by atoms with van der Waals surface area (Å²) in [4.78, 5) is 30.0. The summed E-state index contributed by atoms with van der Waals surface area (Å²) in [6, 6.07) is 8.82. The van der Waals surface area contributed by atoms with Gasteiger partial charge < -0.3 is 15.3 Å². The molecular weight excluding hydrogens is 388 g/mol. The van der Waals surface area contributed by atoms with Crippen molar-refractivity contribution in [2.24, 2.45) is 4.99 Å². The molecule has 0 radical (unpaired) electrons. The molecule has 2 N–H and O–H groups in total. The van der Waals surface area contributed by atoms with Crippen LogP contribution < -0.4 is 5.32 Å². The number of nitrogens with one attached hydrogen (secondary N) is 1. The summed E-state index contributed by atoms with van der Waals surface area (Å²) in [7, 11) is 0. The Morgan fingerprint density at radius 2 is 2.10 bits per heavy atom. The quantitative estimate of drug-likeness (QED) is 0.717. The van der Waals surface area contributed by atoms with Gasteiger partial charge >= 0.3 is 0 Å². The molecule has 1 aromatic rings. The largest absolute Gasteiger partial charge is 0.483 e. The van der Waals surface area contributed by atoms with Crippen molar-refractivity contribution in [3.63, 3.8) is 0 Å². The first-order chi connectivity index (χ1) is 14.1. The second kappa shape index (κ2) is 10.5. The highest BCUT2D eigenvalue weighted by Gasteiger charge is 2.26. The van der Waals surface area contributed by atoms with Gasteiger partial charge in [0, 0.05) is 44.5 Å². The Morgan fingerprint density at radius 1 is 1.34 bits per heavy atom. The Bertz CT molecular complexity index is 796. The molecule has 0 aliphatic carbocycles. The van der Waals surface area contributed by atoms with Gasteiger partial charge in [0.1, 0.15) is 0 Å². The maximum absolute atomic E-state index is 12.5. The fourth-order valence-corrected chi connectivity index (χ4v) is 4.86. The molecule has 0 aromatic heterocycles. The van der Waals surface area contributed by atoms with Gasteiger partial charge in [-0.25, -0.2) is 0 Å². The number of thioether (sulfide) groups is 1. The van der Waals surface area contributed by atoms with E-state index in [-0.39, 0.29) is 18.4 Å². The van der Waals surface area contributed by atoms with Crippen LogP contribution in [-0.4, -0.2) is 64.7 Å². The van der Waals surface area contributed by atoms with Crippen molar-refractivity contribution in [3.05, 3.63) is 46.5 Å². The zero-order valence-electron chi connectivity index (χ0n) is 16.7. The monoisotopic (exact) mass is 416 g/mol. The molecule has 4 rings (SSSR count). The number of rotatable bonds is 5. The topological polar surface area (TPSA) is 85.2 Å². The van der Waals surface area contributed by atoms with Gasteiger partial charge in [-0.1, -0.05) is 36.0 Å². The average molecular weight is 417 g/mol. The van der Waals surface area contributed by atoms with Crippen LogP contribution in [0.2, 0.25) is 0 Å². The third-order valence-electron chi connectivity index (χ3n) is 5.16. The van der Waals surface area contributed by atoms with E-state index in [9.17, 15) is 4.79 Å². The Morgan fingerprint density at radius 3 is 2.90 bits per heavy atom. The first kappa shape index (κ1) is 21.4. The maximum atomic E-state index is 12.5. The number of carbonyl (C=O) groups is 2. The van der Waals surface area contributed by atoms with Crippen molar-refractivity contribution in [3.8, 4) is 0 Å². The molecule has 1 amide bonds. The molecule has 1 unspecified atom stereocenters. The lowest BCUT2D eigenvalue weighted by atomic mass is 10.00. The number of hydrogen-bond donors (Lipinski definition) is 2. The van der Waals surface area contributed by atoms with Crippen LogP contribution in [0.1, 0.15) is 30.9 Å². The zero-order chi connectivity index (χ0) is 20.6. The van der Waals surface area contributed by atoms with E-state index in [0.717, 1.165) is 56.4 Å². The van der Waals surface area contributed by atoms with Crippen molar-refractivity contribution in [2.75, 3.05) is 26.2 Å². The van der Waals surface area contributed by atoms with Crippen LogP contribution in [0.5, 0.6) is 0 Å². The number of carbonyl (C=O) groups excluding carboxylic acids is 1. The van der Waals surface area contributed by atoms with Gasteiger partial charge in [-0.15, -0.1) is 0 Å². The molecule has 3 aliphatic heterocycles. The number of amidine groups is 1. The van der Waals surface area contributed by atoms with Crippen molar-refractivity contribution in [1.82, 2.24) is 15.1 Å². The van der Waals surface area contributed by atoms with Crippen LogP contribution in [0.15, 0.2) is 40.4 Å². The first-order valence-electron chi connectivity index (χ1n) is 9.94. The van der Waals surface area contributed by atoms with E-state index in [2.05, 4.69) is 56.7 Å². The summed E-state index contributed by atoms with van der Waals surface area (Å²) < 4.78 is 0. The van der Waals surface area contributed by atoms with E-state index < -0.39 is 0 Å². The van der Waals surface area contributed by atoms with Gasteiger partial charge in [-0.2, -0.15) is 0 Å². The molecule has 7 nitrogen and oxygen atoms in total. The zero-order valence-corrected chi connectivity index (χ0v) is 17.5. The fraction of sp³-hybridized carbons (Fsp3) is 0.476. The smallest absolute Gasteiger partial charge is 0.290 e. The minimum absolute atomic E-state index is 0.105. The highest BCUT2D eigenvalue weighted by Crippen LogP contribution is 2.30. The Kier molecular flexibility index (Phi) is 7.71. The number of nitrogens with zero attached hydrogens (tertiary/aromatic N) is 3. The highest BCUT2D eigenvalue weighted by atomic mass is 32.2. The normalized spacial score (nSPS) is 19.0. The van der Waals surface area contributed by atoms with Crippen molar-refractivity contribution in [2.45, 2.75) is 38.8 Å². The molecule has 0 saturated heterocycles. The fourth-order valence-electron chi connectivity index (χ4n) is 3.91. The summed E-state index contributed by atoms with van der Waals surface area (Å²) >= 11 is 1.64. The lowest BCUT2D eigenvalue weighted by molar-refractivity contribution is -0.123. The molecule has 29 heavy (non-hydrogen) atoms. The lowest BCUT2D eigenvalue weighted by Gasteiger charge is -2.31. The number of carboxylic acid groups (broad SMARTS) is 1. The van der Waals surface area contributed by atoms with E-state index in [4.69, 9.17) is 9.90 Å². The van der Waals surface area contributed by atoms with E-state index >= 15 is 0 Å². The van der Waals surface area contributed by atoms with E-state index in [1.807, 2.05) is 0 Å². The molecule has 0 saturated carbocycles. The van der Waals surface area contributed by atoms with Crippen molar-refractivity contribution < 1.29 is 14.7 Å². The van der Waals surface area contributed by atoms with E-state index in [1.165, 1.54) is 11.1 Å². The van der Waals surface area contributed by atoms with Crippen LogP contribution in [0.4, 0.5) is 0 Å². The summed E-state index contributed by atoms with van der Waals surface area (Å²) in [6.07, 6.45) is 2.60. The molecule has 0 fully saturated rings. The molecule has 8 heteroatoms. The Labute approximate surface area is 175 Å². The van der Waals surface area contributed by atoms with Crippen LogP contribution >= 0.6 is 11.8 Å². The number of aliphatic imine (C=N–C) groups is 1. The van der Waals surface area contributed by atoms with Crippen LogP contribution in [0.25, 0.3) is 0 Å². The summed E-state index contributed by atoms with van der Waals surface area (Å²) in [5, 5.41) is 13.2. The Hall–Kier alpha value is -2.32. The molecule has 3 aliphatic rings. The number of benzene rings is 1. The predicted molar refractivity (Wildman–Crippen MR) is 116 cm³/mol. The molecule has 0 bridgehead atoms.